The van der Waals surface area contributed by atoms with Crippen molar-refractivity contribution in [3.63, 3.8) is 0 Å². The number of thiazole rings is 1. The van der Waals surface area contributed by atoms with E-state index < -0.39 is 55.0 Å². The van der Waals surface area contributed by atoms with Crippen LogP contribution in [-0.2, 0) is 27.4 Å². The number of carbonyl (C=O) groups excluding carboxylic acids is 1. The summed E-state index contributed by atoms with van der Waals surface area (Å²) in [6.45, 7) is 4.66. The number of aliphatic carboxylic acids is 1. The zero-order chi connectivity index (χ0) is 32.1. The average Bonchev–Trinajstić information content (AvgIpc) is 3.36. The minimum absolute atomic E-state index is 0.139. The molecule has 0 unspecified atom stereocenters. The predicted molar refractivity (Wildman–Crippen MR) is 161 cm³/mol. The highest BCUT2D eigenvalue weighted by Crippen LogP contribution is 2.52. The van der Waals surface area contributed by atoms with Gasteiger partial charge in [-0.2, -0.15) is 13.2 Å². The highest BCUT2D eigenvalue weighted by Gasteiger charge is 2.53. The zero-order valence-corrected chi connectivity index (χ0v) is 26.9. The molecule has 1 heterocycles. The number of carboxylic acid groups (broad SMARTS) is 1. The number of alkyl halides is 3. The molecule has 4 fully saturated rings. The van der Waals surface area contributed by atoms with Crippen molar-refractivity contribution in [3.05, 3.63) is 34.5 Å². The van der Waals surface area contributed by atoms with Crippen LogP contribution in [0.25, 0.3) is 10.4 Å². The summed E-state index contributed by atoms with van der Waals surface area (Å²) in [5, 5.41) is 13.0. The van der Waals surface area contributed by atoms with Crippen LogP contribution in [0, 0.1) is 11.3 Å². The largest absolute Gasteiger partial charge is 0.481 e. The van der Waals surface area contributed by atoms with Crippen LogP contribution in [0.3, 0.4) is 0 Å². The van der Waals surface area contributed by atoms with Crippen LogP contribution in [0.1, 0.15) is 112 Å². The molecule has 2 aromatic rings. The highest BCUT2D eigenvalue weighted by molar-refractivity contribution is 7.89. The molecule has 0 spiro atoms. The predicted octanol–water partition coefficient (Wildman–Crippen LogP) is 6.94. The first kappa shape index (κ1) is 32.9. The number of hydrogen-bond acceptors (Lipinski definition) is 6. The Bertz CT molecular complexity index is 1510. The van der Waals surface area contributed by atoms with Gasteiger partial charge in [0.15, 0.2) is 5.01 Å². The van der Waals surface area contributed by atoms with E-state index in [-0.39, 0.29) is 16.5 Å². The van der Waals surface area contributed by atoms with E-state index in [1.54, 1.807) is 20.8 Å². The molecule has 0 atom stereocenters. The number of amides is 1. The van der Waals surface area contributed by atoms with Crippen molar-refractivity contribution < 1.29 is 36.3 Å². The minimum atomic E-state index is -4.95. The molecular weight excluding hydrogens is 615 g/mol. The van der Waals surface area contributed by atoms with Gasteiger partial charge in [-0.05, 0) is 89.3 Å². The molecule has 13 heteroatoms. The van der Waals surface area contributed by atoms with Crippen LogP contribution in [0.5, 0.6) is 0 Å². The maximum Gasteiger partial charge on any atom is 0.417 e. The van der Waals surface area contributed by atoms with Crippen molar-refractivity contribution >= 4 is 33.2 Å². The lowest BCUT2D eigenvalue weighted by Crippen LogP contribution is -2.58. The number of nitrogens with zero attached hydrogens (tertiary/aromatic N) is 1. The fourth-order valence-corrected chi connectivity index (χ4v) is 9.66. The van der Waals surface area contributed by atoms with E-state index in [0.29, 0.717) is 55.5 Å². The summed E-state index contributed by atoms with van der Waals surface area (Å²) in [6.07, 6.45) is 3.85. The Morgan fingerprint density at radius 2 is 1.64 bits per heavy atom. The second-order valence-electron chi connectivity index (χ2n) is 13.9. The maximum absolute atomic E-state index is 14.3. The molecule has 4 aliphatic carbocycles. The number of halogens is 3. The first-order chi connectivity index (χ1) is 20.4. The number of fused-ring (bicyclic) bond motifs is 3. The molecule has 3 N–H and O–H groups in total. The number of hydrogen-bond donors (Lipinski definition) is 3. The minimum Gasteiger partial charge on any atom is -0.481 e. The van der Waals surface area contributed by atoms with E-state index in [0.717, 1.165) is 55.6 Å². The SMILES string of the molecule is CC(C)(C)NS(=O)(=O)c1ccc(-c2sc(C(=O)NC34CCC(C(=O)O)(CC3)CC4)nc2CC2CCCCC2)cc1C(F)(F)F. The second kappa shape index (κ2) is 11.7. The average molecular weight is 656 g/mol. The van der Waals surface area contributed by atoms with Crippen LogP contribution in [-0.4, -0.2) is 41.5 Å². The summed E-state index contributed by atoms with van der Waals surface area (Å²) in [5.41, 5.74) is -2.82. The van der Waals surface area contributed by atoms with Gasteiger partial charge >= 0.3 is 12.1 Å². The van der Waals surface area contributed by atoms with Crippen LogP contribution < -0.4 is 10.0 Å². The lowest BCUT2D eigenvalue weighted by molar-refractivity contribution is -0.156. The van der Waals surface area contributed by atoms with Crippen molar-refractivity contribution in [2.24, 2.45) is 11.3 Å². The fraction of sp³-hybridized carbons (Fsp3) is 0.645. The van der Waals surface area contributed by atoms with E-state index in [9.17, 15) is 36.3 Å². The van der Waals surface area contributed by atoms with Crippen LogP contribution in [0.15, 0.2) is 23.1 Å². The monoisotopic (exact) mass is 655 g/mol. The van der Waals surface area contributed by atoms with Gasteiger partial charge in [-0.3, -0.25) is 9.59 Å². The zero-order valence-electron chi connectivity index (χ0n) is 25.3. The normalized spacial score (nSPS) is 24.8. The van der Waals surface area contributed by atoms with Crippen LogP contribution in [0.4, 0.5) is 13.2 Å². The molecule has 6 rings (SSSR count). The summed E-state index contributed by atoms with van der Waals surface area (Å²) in [6, 6.07) is 3.19. The Labute approximate surface area is 260 Å². The van der Waals surface area contributed by atoms with Gasteiger partial charge < -0.3 is 10.4 Å². The number of carboxylic acids is 1. The number of sulfonamides is 1. The molecule has 1 aromatic heterocycles. The fourth-order valence-electron chi connectivity index (χ4n) is 7.05. The standard InChI is InChI=1S/C31H40F3N3O5S2/c1-28(2,3)37-44(41,42)23-10-9-20(18-21(23)31(32,33)34)24-22(17-19-7-5-4-6-8-19)35-26(43-24)25(38)36-30-14-11-29(12-15-30,13-16-30)27(39)40/h9-10,18-19,37H,4-8,11-17H2,1-3H3,(H,36,38)(H,39,40). The summed E-state index contributed by atoms with van der Waals surface area (Å²) in [5.74, 6) is -0.918. The number of benzene rings is 1. The van der Waals surface area contributed by atoms with Crippen LogP contribution >= 0.6 is 11.3 Å². The smallest absolute Gasteiger partial charge is 0.417 e. The summed E-state index contributed by atoms with van der Waals surface area (Å²) < 4.78 is 71.3. The van der Waals surface area contributed by atoms with E-state index >= 15 is 0 Å². The Kier molecular flexibility index (Phi) is 8.73. The summed E-state index contributed by atoms with van der Waals surface area (Å²) >= 11 is 1.02. The van der Waals surface area contributed by atoms with Gasteiger partial charge in [0.1, 0.15) is 0 Å². The van der Waals surface area contributed by atoms with Crippen molar-refractivity contribution in [1.29, 1.82) is 0 Å². The topological polar surface area (TPSA) is 125 Å². The Morgan fingerprint density at radius 3 is 2.18 bits per heavy atom. The third kappa shape index (κ3) is 6.84. The molecule has 44 heavy (non-hydrogen) atoms. The molecule has 8 nitrogen and oxygen atoms in total. The molecule has 1 aromatic carbocycles. The Balaban J connectivity index is 1.50. The number of rotatable bonds is 8. The van der Waals surface area contributed by atoms with Gasteiger partial charge in [0.25, 0.3) is 5.91 Å². The van der Waals surface area contributed by atoms with Gasteiger partial charge in [0.2, 0.25) is 10.0 Å². The lowest BCUT2D eigenvalue weighted by Gasteiger charge is -2.51. The molecular formula is C31H40F3N3O5S2. The van der Waals surface area contributed by atoms with Gasteiger partial charge in [-0.1, -0.05) is 38.2 Å². The highest BCUT2D eigenvalue weighted by atomic mass is 32.2. The van der Waals surface area contributed by atoms with Gasteiger partial charge in [0.05, 0.1) is 26.4 Å². The molecule has 4 saturated carbocycles. The Morgan fingerprint density at radius 1 is 1.02 bits per heavy atom. The number of aromatic nitrogens is 1. The van der Waals surface area contributed by atoms with Crippen molar-refractivity contribution in [2.45, 2.75) is 120 Å². The van der Waals surface area contributed by atoms with E-state index in [2.05, 4.69) is 15.0 Å². The number of carbonyl (C=O) groups is 2. The molecule has 242 valence electrons. The Hall–Kier alpha value is -2.51. The summed E-state index contributed by atoms with van der Waals surface area (Å²) in [7, 11) is -4.49. The molecule has 1 amide bonds. The molecule has 2 bridgehead atoms. The third-order valence-electron chi connectivity index (χ3n) is 9.45. The van der Waals surface area contributed by atoms with Crippen molar-refractivity contribution in [3.8, 4) is 10.4 Å². The van der Waals surface area contributed by atoms with Crippen molar-refractivity contribution in [1.82, 2.24) is 15.0 Å². The maximum atomic E-state index is 14.3. The summed E-state index contributed by atoms with van der Waals surface area (Å²) in [4.78, 5) is 29.7. The first-order valence-corrected chi connectivity index (χ1v) is 17.5. The van der Waals surface area contributed by atoms with Crippen molar-refractivity contribution in [2.75, 3.05) is 0 Å². The van der Waals surface area contributed by atoms with E-state index in [1.165, 1.54) is 6.07 Å². The lowest BCUT2D eigenvalue weighted by atomic mass is 9.57. The van der Waals surface area contributed by atoms with E-state index in [1.807, 2.05) is 0 Å². The number of nitrogens with one attached hydrogen (secondary N) is 2. The van der Waals surface area contributed by atoms with Gasteiger partial charge in [-0.25, -0.2) is 18.1 Å². The van der Waals surface area contributed by atoms with Gasteiger partial charge in [0, 0.05) is 11.1 Å². The third-order valence-corrected chi connectivity index (χ3v) is 12.4. The van der Waals surface area contributed by atoms with Gasteiger partial charge in [-0.15, -0.1) is 11.3 Å². The molecule has 0 aliphatic heterocycles. The first-order valence-electron chi connectivity index (χ1n) is 15.2. The molecule has 0 saturated heterocycles. The second-order valence-corrected chi connectivity index (χ2v) is 16.5. The quantitative estimate of drug-likeness (QED) is 0.283. The molecule has 4 aliphatic rings. The van der Waals surface area contributed by atoms with Crippen LogP contribution in [0.2, 0.25) is 0 Å². The molecule has 0 radical (unpaired) electrons. The van der Waals surface area contributed by atoms with E-state index in [4.69, 9.17) is 0 Å².